The first-order valence-corrected chi connectivity index (χ1v) is 18.1. The molecule has 302 valence electrons. The summed E-state index contributed by atoms with van der Waals surface area (Å²) in [6, 6.07) is 0.713. The number of ether oxygens (including phenoxy) is 1. The normalized spacial score (nSPS) is 26.5. The fourth-order valence-corrected chi connectivity index (χ4v) is 3.89. The molecule has 0 saturated carbocycles. The monoisotopic (exact) mass is 723 g/mol. The summed E-state index contributed by atoms with van der Waals surface area (Å²) < 4.78 is 4.40. The molecule has 3 saturated heterocycles. The summed E-state index contributed by atoms with van der Waals surface area (Å²) in [4.78, 5) is 48.1. The number of likely N-dealkylation sites (N-methyl/N-ethyl adjacent to an activating group) is 6. The van der Waals surface area contributed by atoms with Gasteiger partial charge in [-0.2, -0.15) is 0 Å². The maximum absolute atomic E-state index is 10.7. The van der Waals surface area contributed by atoms with E-state index < -0.39 is 11.2 Å². The van der Waals surface area contributed by atoms with E-state index in [2.05, 4.69) is 30.5 Å². The standard InChI is InChI=1S/3C6H13NO.C5H11NO2.C5H9NO.C5H11NO.2C2H6/c2*1-5-6(2,8)4-7(5)3;1-4-6(8)5(2)7-3;1-4(6-2)5(7)8-3;1-4-5(7)3-6(4)2;1-4(6-3)5(2)7;2*1-2/h2*5,8H,4H2,1-3H3;5,7H,4H2,1-3H3;4,6H,1-3H3;4H,3H2,1-2H3;4,6H,1-3H3;2*1-2H3. The molecule has 0 aromatic carbocycles. The van der Waals surface area contributed by atoms with Gasteiger partial charge in [0.25, 0.3) is 0 Å². The van der Waals surface area contributed by atoms with Crippen molar-refractivity contribution in [2.24, 2.45) is 0 Å². The first-order valence-electron chi connectivity index (χ1n) is 18.1. The summed E-state index contributed by atoms with van der Waals surface area (Å²) in [6.07, 6.45) is 0.627. The molecule has 0 amide bonds. The molecule has 5 N–H and O–H groups in total. The van der Waals surface area contributed by atoms with Crippen LogP contribution in [0.4, 0.5) is 0 Å². The van der Waals surface area contributed by atoms with Crippen LogP contribution in [0, 0.1) is 0 Å². The molecule has 0 aromatic heterocycles. The average molecular weight is 723 g/mol. The molecule has 3 heterocycles. The molecule has 8 unspecified atom stereocenters. The Morgan fingerprint density at radius 1 is 0.780 bits per heavy atom. The maximum Gasteiger partial charge on any atom is 0.322 e. The molecule has 8 atom stereocenters. The predicted molar refractivity (Wildman–Crippen MR) is 209 cm³/mol. The van der Waals surface area contributed by atoms with Gasteiger partial charge in [0.15, 0.2) is 5.78 Å². The van der Waals surface area contributed by atoms with Gasteiger partial charge in [0, 0.05) is 31.6 Å². The second kappa shape index (κ2) is 30.8. The van der Waals surface area contributed by atoms with Crippen LogP contribution in [-0.4, -0.2) is 165 Å². The van der Waals surface area contributed by atoms with Crippen molar-refractivity contribution in [2.75, 3.05) is 69.0 Å². The second-order valence-electron chi connectivity index (χ2n) is 12.9. The number of β-amino-alcohol motifs (C(OH)–C–C–N with tert-alkyl or cyclic N) is 2. The van der Waals surface area contributed by atoms with E-state index in [9.17, 15) is 29.4 Å². The van der Waals surface area contributed by atoms with Crippen LogP contribution in [0.2, 0.25) is 0 Å². The van der Waals surface area contributed by atoms with E-state index in [0.29, 0.717) is 30.8 Å². The van der Waals surface area contributed by atoms with E-state index >= 15 is 0 Å². The van der Waals surface area contributed by atoms with Gasteiger partial charge >= 0.3 is 5.97 Å². The molecular weight excluding hydrogens is 640 g/mol. The lowest BCUT2D eigenvalue weighted by molar-refractivity contribution is -0.142. The molecule has 3 aliphatic heterocycles. The van der Waals surface area contributed by atoms with E-state index in [-0.39, 0.29) is 41.7 Å². The van der Waals surface area contributed by atoms with Crippen LogP contribution >= 0.6 is 0 Å². The van der Waals surface area contributed by atoms with Gasteiger partial charge in [0.2, 0.25) is 0 Å². The zero-order chi connectivity index (χ0) is 41.2. The average Bonchev–Trinajstić information content (AvgIpc) is 3.12. The Hall–Kier alpha value is -1.84. The highest BCUT2D eigenvalue weighted by molar-refractivity contribution is 5.90. The number of Topliss-reactive ketones (excluding diaryl/α,β-unsaturated/α-hetero) is 3. The molecule has 13 heteroatoms. The largest absolute Gasteiger partial charge is 0.468 e. The van der Waals surface area contributed by atoms with Crippen LogP contribution in [0.15, 0.2) is 0 Å². The number of hydrogen-bond donors (Lipinski definition) is 5. The number of likely N-dealkylation sites (tertiary alicyclic amines) is 3. The van der Waals surface area contributed by atoms with Gasteiger partial charge in [-0.25, -0.2) is 0 Å². The SMILES string of the molecule is CC.CC.CC1C(=O)CN1C.CC1N(C)CC1(C)O.CC1N(C)CC1(C)O.CCC(=O)C(C)NC.CNC(C)C(=O)OC.CNC(C)C(C)=O. The Morgan fingerprint density at radius 2 is 1.12 bits per heavy atom. The van der Waals surface area contributed by atoms with Crippen LogP contribution in [-0.2, 0) is 23.9 Å². The quantitative estimate of drug-likeness (QED) is 0.244. The second-order valence-corrected chi connectivity index (χ2v) is 12.9. The Morgan fingerprint density at radius 3 is 1.16 bits per heavy atom. The Bertz CT molecular complexity index is 848. The van der Waals surface area contributed by atoms with Crippen LogP contribution in [0.1, 0.15) is 103 Å². The van der Waals surface area contributed by atoms with Crippen LogP contribution in [0.5, 0.6) is 0 Å². The van der Waals surface area contributed by atoms with Gasteiger partial charge in [-0.1, -0.05) is 34.6 Å². The lowest BCUT2D eigenvalue weighted by Gasteiger charge is -2.49. The fraction of sp³-hybridized carbons (Fsp3) is 0.892. The molecule has 3 aliphatic rings. The molecule has 0 aliphatic carbocycles. The lowest BCUT2D eigenvalue weighted by atomic mass is 9.88. The highest BCUT2D eigenvalue weighted by Gasteiger charge is 2.42. The maximum atomic E-state index is 10.7. The number of nitrogens with one attached hydrogen (secondary N) is 3. The van der Waals surface area contributed by atoms with Crippen molar-refractivity contribution >= 4 is 23.3 Å². The van der Waals surface area contributed by atoms with Crippen molar-refractivity contribution < 1.29 is 34.1 Å². The van der Waals surface area contributed by atoms with Crippen molar-refractivity contribution in [2.45, 2.75) is 151 Å². The Balaban J connectivity index is -0.000000159. The number of hydrogen-bond acceptors (Lipinski definition) is 13. The summed E-state index contributed by atoms with van der Waals surface area (Å²) in [5.74, 6) is 0.588. The third kappa shape index (κ3) is 24.4. The Labute approximate surface area is 307 Å². The van der Waals surface area contributed by atoms with Crippen LogP contribution < -0.4 is 16.0 Å². The first-order chi connectivity index (χ1) is 22.9. The Kier molecular flexibility index (Phi) is 35.4. The van der Waals surface area contributed by atoms with Crippen LogP contribution in [0.25, 0.3) is 0 Å². The third-order valence-corrected chi connectivity index (χ3v) is 9.09. The van der Waals surface area contributed by atoms with Gasteiger partial charge in [-0.05, 0) is 105 Å². The highest BCUT2D eigenvalue weighted by Crippen LogP contribution is 2.26. The number of aliphatic hydroxyl groups is 2. The highest BCUT2D eigenvalue weighted by atomic mass is 16.5. The van der Waals surface area contributed by atoms with Gasteiger partial charge in [-0.15, -0.1) is 0 Å². The molecule has 3 fully saturated rings. The number of esters is 1. The fourth-order valence-electron chi connectivity index (χ4n) is 3.89. The lowest BCUT2D eigenvalue weighted by Crippen LogP contribution is -2.64. The van der Waals surface area contributed by atoms with Gasteiger partial charge < -0.3 is 30.9 Å². The van der Waals surface area contributed by atoms with E-state index in [1.54, 1.807) is 35.0 Å². The van der Waals surface area contributed by atoms with Gasteiger partial charge in [0.1, 0.15) is 17.6 Å². The number of ketones is 3. The van der Waals surface area contributed by atoms with E-state index in [4.69, 9.17) is 0 Å². The van der Waals surface area contributed by atoms with Crippen molar-refractivity contribution in [1.29, 1.82) is 0 Å². The molecule has 50 heavy (non-hydrogen) atoms. The van der Waals surface area contributed by atoms with Crippen molar-refractivity contribution in [3.8, 4) is 0 Å². The van der Waals surface area contributed by atoms with Gasteiger partial charge in [-0.3, -0.25) is 33.9 Å². The summed E-state index contributed by atoms with van der Waals surface area (Å²) in [6.45, 7) is 28.9. The molecular formula is C37H82N6O7. The number of carbonyl (C=O) groups is 4. The van der Waals surface area contributed by atoms with E-state index in [1.807, 2.05) is 109 Å². The number of nitrogens with zero attached hydrogens (tertiary/aromatic N) is 3. The van der Waals surface area contributed by atoms with E-state index in [1.165, 1.54) is 7.11 Å². The molecule has 0 radical (unpaired) electrons. The minimum Gasteiger partial charge on any atom is -0.468 e. The summed E-state index contributed by atoms with van der Waals surface area (Å²) in [7, 11) is 12.6. The van der Waals surface area contributed by atoms with Crippen molar-refractivity contribution in [1.82, 2.24) is 30.7 Å². The molecule has 13 nitrogen and oxygen atoms in total. The molecule has 0 aromatic rings. The van der Waals surface area contributed by atoms with Gasteiger partial charge in [0.05, 0.1) is 43.0 Å². The number of methoxy groups -OCH3 is 1. The number of rotatable bonds is 7. The summed E-state index contributed by atoms with van der Waals surface area (Å²) in [5, 5.41) is 27.0. The molecule has 0 bridgehead atoms. The molecule has 0 spiro atoms. The topological polar surface area (TPSA) is 164 Å². The van der Waals surface area contributed by atoms with Crippen molar-refractivity contribution in [3.05, 3.63) is 0 Å². The first kappa shape index (κ1) is 57.5. The summed E-state index contributed by atoms with van der Waals surface area (Å²) in [5.41, 5.74) is -0.844. The van der Waals surface area contributed by atoms with Crippen LogP contribution in [0.3, 0.4) is 0 Å². The zero-order valence-electron chi connectivity index (χ0n) is 36.1. The summed E-state index contributed by atoms with van der Waals surface area (Å²) >= 11 is 0. The minimum absolute atomic E-state index is 0.0139. The smallest absolute Gasteiger partial charge is 0.322 e. The van der Waals surface area contributed by atoms with Crippen molar-refractivity contribution in [3.63, 3.8) is 0 Å². The molecule has 3 rings (SSSR count). The van der Waals surface area contributed by atoms with E-state index in [0.717, 1.165) is 13.1 Å². The predicted octanol–water partition coefficient (Wildman–Crippen LogP) is 2.61. The minimum atomic E-state index is -0.422. The number of carbonyl (C=O) groups excluding carboxylic acids is 4. The zero-order valence-corrected chi connectivity index (χ0v) is 36.1. The third-order valence-electron chi connectivity index (χ3n) is 9.09.